The molecule has 1 aliphatic rings. The molecule has 1 aromatic heterocycles. The molecular weight excluding hydrogens is 252 g/mol. The van der Waals surface area contributed by atoms with Crippen molar-refractivity contribution in [3.8, 4) is 0 Å². The van der Waals surface area contributed by atoms with Crippen LogP contribution in [0.1, 0.15) is 51.8 Å². The third-order valence-electron chi connectivity index (χ3n) is 5.08. The molecule has 1 saturated heterocycles. The monoisotopic (exact) mass is 280 g/mol. The maximum atomic E-state index is 3.81. The summed E-state index contributed by atoms with van der Waals surface area (Å²) in [6.07, 6.45) is 3.64. The fourth-order valence-electron chi connectivity index (χ4n) is 3.13. The molecule has 0 spiro atoms. The summed E-state index contributed by atoms with van der Waals surface area (Å²) in [6.45, 7) is 12.7. The third kappa shape index (κ3) is 3.04. The molecule has 0 aliphatic carbocycles. The number of hydrogen-bond acceptors (Lipinski definition) is 3. The fraction of sp³-hybridized carbons (Fsp3) is 0.750. The Labute approximate surface area is 122 Å². The van der Waals surface area contributed by atoms with Gasteiger partial charge in [-0.05, 0) is 37.6 Å². The van der Waals surface area contributed by atoms with E-state index in [0.717, 1.165) is 19.6 Å². The summed E-state index contributed by atoms with van der Waals surface area (Å²) in [5, 5.41) is 6.00. The van der Waals surface area contributed by atoms with Crippen molar-refractivity contribution in [1.82, 2.24) is 10.2 Å². The Balaban J connectivity index is 2.20. The van der Waals surface area contributed by atoms with Crippen LogP contribution in [-0.2, 0) is 6.54 Å². The van der Waals surface area contributed by atoms with Crippen molar-refractivity contribution in [2.24, 2.45) is 0 Å². The molecule has 3 heteroatoms. The maximum Gasteiger partial charge on any atom is 0.0334 e. The van der Waals surface area contributed by atoms with Crippen LogP contribution in [0.2, 0.25) is 0 Å². The van der Waals surface area contributed by atoms with Gasteiger partial charge in [-0.1, -0.05) is 26.8 Å². The van der Waals surface area contributed by atoms with Crippen LogP contribution in [0.15, 0.2) is 17.5 Å². The van der Waals surface area contributed by atoms with E-state index < -0.39 is 0 Å². The van der Waals surface area contributed by atoms with Crippen molar-refractivity contribution >= 4 is 11.3 Å². The van der Waals surface area contributed by atoms with Gasteiger partial charge in [0.25, 0.3) is 0 Å². The Morgan fingerprint density at radius 3 is 2.53 bits per heavy atom. The van der Waals surface area contributed by atoms with Crippen molar-refractivity contribution in [3.63, 3.8) is 0 Å². The normalized spacial score (nSPS) is 27.6. The molecule has 0 radical (unpaired) electrons. The molecule has 0 bridgehead atoms. The average Bonchev–Trinajstić information content (AvgIpc) is 2.93. The molecule has 19 heavy (non-hydrogen) atoms. The molecule has 1 fully saturated rings. The van der Waals surface area contributed by atoms with Crippen molar-refractivity contribution in [3.05, 3.63) is 22.4 Å². The summed E-state index contributed by atoms with van der Waals surface area (Å²) in [7, 11) is 0. The lowest BCUT2D eigenvalue weighted by molar-refractivity contribution is -0.00337. The number of nitrogens with one attached hydrogen (secondary N) is 1. The number of nitrogens with zero attached hydrogens (tertiary/aromatic N) is 1. The van der Waals surface area contributed by atoms with Crippen molar-refractivity contribution in [2.75, 3.05) is 13.1 Å². The number of piperazine rings is 1. The second kappa shape index (κ2) is 5.94. The number of rotatable bonds is 5. The SMILES string of the molecule is CCC1(C)CN(Cc2cccs2)C(CC)(CC)CN1. The van der Waals surface area contributed by atoms with Crippen LogP contribution < -0.4 is 5.32 Å². The van der Waals surface area contributed by atoms with Crippen molar-refractivity contribution in [2.45, 2.75) is 64.6 Å². The summed E-state index contributed by atoms with van der Waals surface area (Å²) < 4.78 is 0. The molecule has 1 aromatic rings. The molecule has 1 aliphatic heterocycles. The lowest BCUT2D eigenvalue weighted by Crippen LogP contribution is -2.68. The van der Waals surface area contributed by atoms with Crippen LogP contribution >= 0.6 is 11.3 Å². The predicted molar refractivity (Wildman–Crippen MR) is 84.7 cm³/mol. The zero-order valence-electron chi connectivity index (χ0n) is 12.8. The number of hydrogen-bond donors (Lipinski definition) is 1. The Kier molecular flexibility index (Phi) is 4.70. The van der Waals surface area contributed by atoms with Crippen molar-refractivity contribution in [1.29, 1.82) is 0 Å². The Hall–Kier alpha value is -0.380. The zero-order chi connectivity index (χ0) is 13.9. The highest BCUT2D eigenvalue weighted by Crippen LogP contribution is 2.33. The van der Waals surface area contributed by atoms with Gasteiger partial charge < -0.3 is 5.32 Å². The molecule has 0 amide bonds. The molecule has 1 N–H and O–H groups in total. The van der Waals surface area contributed by atoms with Gasteiger partial charge in [-0.25, -0.2) is 0 Å². The van der Waals surface area contributed by atoms with E-state index in [2.05, 4.69) is 55.4 Å². The van der Waals surface area contributed by atoms with Crippen molar-refractivity contribution < 1.29 is 0 Å². The molecule has 2 rings (SSSR count). The van der Waals surface area contributed by atoms with E-state index in [4.69, 9.17) is 0 Å². The number of thiophene rings is 1. The molecule has 2 nitrogen and oxygen atoms in total. The van der Waals surface area contributed by atoms with E-state index in [9.17, 15) is 0 Å². The van der Waals surface area contributed by atoms with Gasteiger partial charge in [-0.15, -0.1) is 11.3 Å². The summed E-state index contributed by atoms with van der Waals surface area (Å²) in [5.41, 5.74) is 0.601. The lowest BCUT2D eigenvalue weighted by Gasteiger charge is -2.53. The second-order valence-corrected chi connectivity index (χ2v) is 7.17. The first-order valence-corrected chi connectivity index (χ1v) is 8.48. The van der Waals surface area contributed by atoms with Crippen LogP contribution in [0, 0.1) is 0 Å². The first kappa shape index (κ1) is 15.0. The standard InChI is InChI=1S/C16H28N2S/c1-5-15(4)13-18(11-14-9-8-10-19-14)16(6-2,7-3)12-17-15/h8-10,17H,5-7,11-13H2,1-4H3. The van der Waals surface area contributed by atoms with Crippen LogP contribution in [0.5, 0.6) is 0 Å². The fourth-order valence-corrected chi connectivity index (χ4v) is 3.85. The Morgan fingerprint density at radius 2 is 2.00 bits per heavy atom. The highest BCUT2D eigenvalue weighted by atomic mass is 32.1. The zero-order valence-corrected chi connectivity index (χ0v) is 13.6. The highest BCUT2D eigenvalue weighted by molar-refractivity contribution is 7.09. The first-order chi connectivity index (χ1) is 9.07. The van der Waals surface area contributed by atoms with Crippen LogP contribution in [0.3, 0.4) is 0 Å². The quantitative estimate of drug-likeness (QED) is 0.880. The smallest absolute Gasteiger partial charge is 0.0334 e. The summed E-state index contributed by atoms with van der Waals surface area (Å²) in [5.74, 6) is 0. The van der Waals surface area contributed by atoms with Gasteiger partial charge in [0, 0.05) is 35.6 Å². The second-order valence-electron chi connectivity index (χ2n) is 6.13. The molecule has 0 saturated carbocycles. The molecule has 0 aromatic carbocycles. The molecule has 2 heterocycles. The van der Waals surface area contributed by atoms with Gasteiger partial charge in [0.2, 0.25) is 0 Å². The van der Waals surface area contributed by atoms with E-state index >= 15 is 0 Å². The summed E-state index contributed by atoms with van der Waals surface area (Å²) >= 11 is 1.88. The minimum atomic E-state index is 0.269. The first-order valence-electron chi connectivity index (χ1n) is 7.60. The largest absolute Gasteiger partial charge is 0.308 e. The molecular formula is C16H28N2S. The minimum Gasteiger partial charge on any atom is -0.308 e. The summed E-state index contributed by atoms with van der Waals surface area (Å²) in [6, 6.07) is 4.44. The van der Waals surface area contributed by atoms with Gasteiger partial charge in [0.05, 0.1) is 0 Å². The van der Waals surface area contributed by atoms with E-state index in [1.807, 2.05) is 11.3 Å². The summed E-state index contributed by atoms with van der Waals surface area (Å²) in [4.78, 5) is 4.23. The van der Waals surface area contributed by atoms with Gasteiger partial charge in [0.15, 0.2) is 0 Å². The Bertz CT molecular complexity index is 383. The molecule has 1 atom stereocenters. The van der Waals surface area contributed by atoms with Crippen LogP contribution in [0.25, 0.3) is 0 Å². The highest BCUT2D eigenvalue weighted by Gasteiger charge is 2.42. The third-order valence-corrected chi connectivity index (χ3v) is 5.94. The predicted octanol–water partition coefficient (Wildman–Crippen LogP) is 3.88. The van der Waals surface area contributed by atoms with Crippen LogP contribution in [0.4, 0.5) is 0 Å². The lowest BCUT2D eigenvalue weighted by atomic mass is 9.82. The van der Waals surface area contributed by atoms with Crippen LogP contribution in [-0.4, -0.2) is 29.1 Å². The molecule has 1 unspecified atom stereocenters. The maximum absolute atomic E-state index is 3.81. The van der Waals surface area contributed by atoms with E-state index in [1.165, 1.54) is 24.1 Å². The van der Waals surface area contributed by atoms with Gasteiger partial charge in [0.1, 0.15) is 0 Å². The molecule has 108 valence electrons. The van der Waals surface area contributed by atoms with E-state index in [0.29, 0.717) is 5.54 Å². The minimum absolute atomic E-state index is 0.269. The average molecular weight is 280 g/mol. The van der Waals surface area contributed by atoms with Gasteiger partial charge >= 0.3 is 0 Å². The topological polar surface area (TPSA) is 15.3 Å². The van der Waals surface area contributed by atoms with E-state index in [-0.39, 0.29) is 5.54 Å². The van der Waals surface area contributed by atoms with E-state index in [1.54, 1.807) is 0 Å². The van der Waals surface area contributed by atoms with Gasteiger partial charge in [-0.3, -0.25) is 4.90 Å². The van der Waals surface area contributed by atoms with Gasteiger partial charge in [-0.2, -0.15) is 0 Å². The Morgan fingerprint density at radius 1 is 1.26 bits per heavy atom.